The lowest BCUT2D eigenvalue weighted by molar-refractivity contribution is -0.131. The molecule has 6 heteroatoms. The molecule has 6 nitrogen and oxygen atoms in total. The number of hydrogen-bond acceptors (Lipinski definition) is 5. The fourth-order valence-corrected chi connectivity index (χ4v) is 1.28. The Hall–Kier alpha value is -1.40. The largest absolute Gasteiger partial charge is 0.361 e. The number of carbonyl (C=O) groups is 1. The van der Waals surface area contributed by atoms with Crippen molar-refractivity contribution in [2.75, 3.05) is 19.8 Å². The van der Waals surface area contributed by atoms with Crippen molar-refractivity contribution in [3.8, 4) is 0 Å². The standard InChI is InChI=1S/C11H18N2O4/c1-4-15-10(16-5-2)7-12-11(14)9-6-8(3)17-13-9/h6,10H,4-5,7H2,1-3H3,(H,12,14). The van der Waals surface area contributed by atoms with Gasteiger partial charge in [0.1, 0.15) is 5.76 Å². The number of aromatic nitrogens is 1. The van der Waals surface area contributed by atoms with Gasteiger partial charge in [-0.25, -0.2) is 0 Å². The highest BCUT2D eigenvalue weighted by atomic mass is 16.7. The molecular weight excluding hydrogens is 224 g/mol. The van der Waals surface area contributed by atoms with Crippen molar-refractivity contribution in [3.63, 3.8) is 0 Å². The van der Waals surface area contributed by atoms with Crippen LogP contribution in [0.2, 0.25) is 0 Å². The fraction of sp³-hybridized carbons (Fsp3) is 0.636. The molecule has 1 heterocycles. The lowest BCUT2D eigenvalue weighted by atomic mass is 10.3. The Kier molecular flexibility index (Phi) is 5.65. The number of nitrogens with zero attached hydrogens (tertiary/aromatic N) is 1. The van der Waals surface area contributed by atoms with Crippen LogP contribution in [0.15, 0.2) is 10.6 Å². The van der Waals surface area contributed by atoms with Gasteiger partial charge in [0.15, 0.2) is 12.0 Å². The molecule has 1 aromatic rings. The van der Waals surface area contributed by atoms with Crippen molar-refractivity contribution in [2.24, 2.45) is 0 Å². The highest BCUT2D eigenvalue weighted by Gasteiger charge is 2.14. The van der Waals surface area contributed by atoms with Gasteiger partial charge in [-0.15, -0.1) is 0 Å². The van der Waals surface area contributed by atoms with E-state index in [1.807, 2.05) is 13.8 Å². The maximum absolute atomic E-state index is 11.6. The summed E-state index contributed by atoms with van der Waals surface area (Å²) >= 11 is 0. The molecule has 0 fully saturated rings. The first kappa shape index (κ1) is 13.7. The van der Waals surface area contributed by atoms with E-state index in [2.05, 4.69) is 10.5 Å². The van der Waals surface area contributed by atoms with Crippen LogP contribution >= 0.6 is 0 Å². The maximum atomic E-state index is 11.6. The molecule has 1 amide bonds. The Balaban J connectivity index is 2.40. The molecule has 0 spiro atoms. The van der Waals surface area contributed by atoms with Crippen LogP contribution in [0, 0.1) is 6.92 Å². The Labute approximate surface area is 100 Å². The lowest BCUT2D eigenvalue weighted by Crippen LogP contribution is -2.35. The summed E-state index contributed by atoms with van der Waals surface area (Å²) in [6.07, 6.45) is -0.429. The first-order valence-corrected chi connectivity index (χ1v) is 5.62. The van der Waals surface area contributed by atoms with E-state index < -0.39 is 6.29 Å². The summed E-state index contributed by atoms with van der Waals surface area (Å²) in [6.45, 7) is 6.82. The van der Waals surface area contributed by atoms with E-state index in [1.165, 1.54) is 0 Å². The van der Waals surface area contributed by atoms with Crippen LogP contribution in [-0.2, 0) is 9.47 Å². The van der Waals surface area contributed by atoms with Crippen LogP contribution in [0.3, 0.4) is 0 Å². The SMILES string of the molecule is CCOC(CNC(=O)c1cc(C)on1)OCC. The van der Waals surface area contributed by atoms with Gasteiger partial charge in [-0.3, -0.25) is 4.79 Å². The molecule has 17 heavy (non-hydrogen) atoms. The number of hydrogen-bond donors (Lipinski definition) is 1. The molecule has 0 aliphatic carbocycles. The molecule has 0 aliphatic heterocycles. The number of nitrogens with one attached hydrogen (secondary N) is 1. The van der Waals surface area contributed by atoms with Gasteiger partial charge in [-0.2, -0.15) is 0 Å². The van der Waals surface area contributed by atoms with Crippen molar-refractivity contribution < 1.29 is 18.8 Å². The van der Waals surface area contributed by atoms with E-state index in [0.717, 1.165) is 0 Å². The third-order valence-electron chi connectivity index (χ3n) is 2.00. The molecule has 0 radical (unpaired) electrons. The third kappa shape index (κ3) is 4.54. The van der Waals surface area contributed by atoms with Crippen molar-refractivity contribution in [2.45, 2.75) is 27.1 Å². The zero-order chi connectivity index (χ0) is 12.7. The van der Waals surface area contributed by atoms with Crippen LogP contribution in [0.25, 0.3) is 0 Å². The molecule has 0 saturated heterocycles. The van der Waals surface area contributed by atoms with E-state index in [0.29, 0.717) is 19.0 Å². The van der Waals surface area contributed by atoms with Crippen LogP contribution in [0.4, 0.5) is 0 Å². The first-order valence-electron chi connectivity index (χ1n) is 5.62. The second kappa shape index (κ2) is 7.03. The van der Waals surface area contributed by atoms with Gasteiger partial charge in [0.25, 0.3) is 5.91 Å². The Morgan fingerprint density at radius 3 is 2.59 bits per heavy atom. The smallest absolute Gasteiger partial charge is 0.273 e. The third-order valence-corrected chi connectivity index (χ3v) is 2.00. The Bertz CT molecular complexity index is 345. The molecule has 1 rings (SSSR count). The molecule has 0 aromatic carbocycles. The highest BCUT2D eigenvalue weighted by Crippen LogP contribution is 2.01. The average Bonchev–Trinajstić information content (AvgIpc) is 2.73. The Morgan fingerprint density at radius 2 is 2.12 bits per heavy atom. The number of aryl methyl sites for hydroxylation is 1. The molecule has 0 atom stereocenters. The number of amides is 1. The van der Waals surface area contributed by atoms with Crippen LogP contribution in [-0.4, -0.2) is 37.1 Å². The average molecular weight is 242 g/mol. The second-order valence-electron chi connectivity index (χ2n) is 3.37. The quantitative estimate of drug-likeness (QED) is 0.725. The van der Waals surface area contributed by atoms with E-state index >= 15 is 0 Å². The molecule has 0 saturated carbocycles. The fourth-order valence-electron chi connectivity index (χ4n) is 1.28. The van der Waals surface area contributed by atoms with Gasteiger partial charge < -0.3 is 19.3 Å². The van der Waals surface area contributed by atoms with Crippen LogP contribution in [0.1, 0.15) is 30.1 Å². The second-order valence-corrected chi connectivity index (χ2v) is 3.37. The summed E-state index contributed by atoms with van der Waals surface area (Å²) in [5.74, 6) is 0.299. The Morgan fingerprint density at radius 1 is 1.47 bits per heavy atom. The van der Waals surface area contributed by atoms with E-state index in [1.54, 1.807) is 13.0 Å². The van der Waals surface area contributed by atoms with Crippen molar-refractivity contribution in [1.29, 1.82) is 0 Å². The summed E-state index contributed by atoms with van der Waals surface area (Å²) in [4.78, 5) is 11.6. The first-order chi connectivity index (χ1) is 8.17. The van der Waals surface area contributed by atoms with Gasteiger partial charge in [0, 0.05) is 19.3 Å². The minimum atomic E-state index is -0.429. The minimum absolute atomic E-state index is 0.259. The van der Waals surface area contributed by atoms with E-state index in [9.17, 15) is 4.79 Å². The topological polar surface area (TPSA) is 73.6 Å². The van der Waals surface area contributed by atoms with E-state index in [-0.39, 0.29) is 18.1 Å². The summed E-state index contributed by atoms with van der Waals surface area (Å²) in [7, 11) is 0. The molecule has 1 aromatic heterocycles. The van der Waals surface area contributed by atoms with E-state index in [4.69, 9.17) is 14.0 Å². The van der Waals surface area contributed by atoms with Crippen LogP contribution < -0.4 is 5.32 Å². The van der Waals surface area contributed by atoms with Crippen molar-refractivity contribution >= 4 is 5.91 Å². The van der Waals surface area contributed by atoms with Crippen LogP contribution in [0.5, 0.6) is 0 Å². The summed E-state index contributed by atoms with van der Waals surface area (Å²) in [5.41, 5.74) is 0.259. The van der Waals surface area contributed by atoms with Crippen molar-refractivity contribution in [3.05, 3.63) is 17.5 Å². The maximum Gasteiger partial charge on any atom is 0.273 e. The van der Waals surface area contributed by atoms with Gasteiger partial charge in [-0.1, -0.05) is 5.16 Å². The van der Waals surface area contributed by atoms with Gasteiger partial charge in [-0.05, 0) is 20.8 Å². The minimum Gasteiger partial charge on any atom is -0.361 e. The zero-order valence-corrected chi connectivity index (χ0v) is 10.4. The van der Waals surface area contributed by atoms with Gasteiger partial charge in [0.2, 0.25) is 0 Å². The summed E-state index contributed by atoms with van der Waals surface area (Å²) < 4.78 is 15.4. The number of ether oxygens (including phenoxy) is 2. The number of carbonyl (C=O) groups excluding carboxylic acids is 1. The monoisotopic (exact) mass is 242 g/mol. The zero-order valence-electron chi connectivity index (χ0n) is 10.4. The molecule has 96 valence electrons. The van der Waals surface area contributed by atoms with Gasteiger partial charge >= 0.3 is 0 Å². The normalized spacial score (nSPS) is 10.8. The predicted octanol–water partition coefficient (Wildman–Crippen LogP) is 1.11. The molecule has 0 bridgehead atoms. The summed E-state index contributed by atoms with van der Waals surface area (Å²) in [5, 5.41) is 6.29. The van der Waals surface area contributed by atoms with Gasteiger partial charge in [0.05, 0.1) is 6.54 Å². The molecular formula is C11H18N2O4. The molecule has 1 N–H and O–H groups in total. The van der Waals surface area contributed by atoms with Crippen molar-refractivity contribution in [1.82, 2.24) is 10.5 Å². The molecule has 0 unspecified atom stereocenters. The molecule has 0 aliphatic rings. The predicted molar refractivity (Wildman–Crippen MR) is 60.6 cm³/mol. The lowest BCUT2D eigenvalue weighted by Gasteiger charge is -2.16. The summed E-state index contributed by atoms with van der Waals surface area (Å²) in [6, 6.07) is 1.58. The highest BCUT2D eigenvalue weighted by molar-refractivity contribution is 5.92. The number of rotatable bonds is 7.